The zero-order chi connectivity index (χ0) is 21.3. The molecule has 4 rings (SSSR count). The van der Waals surface area contributed by atoms with Crippen LogP contribution in [0.25, 0.3) is 11.1 Å². The Balaban J connectivity index is 1.49. The van der Waals surface area contributed by atoms with Crippen molar-refractivity contribution >= 4 is 27.3 Å². The first-order chi connectivity index (χ1) is 14.4. The number of hydrogen-bond acceptors (Lipinski definition) is 4. The number of carbonyl (C=O) groups excluding carboxylic acids is 1. The summed E-state index contributed by atoms with van der Waals surface area (Å²) in [6.45, 7) is 0.452. The molecule has 0 N–H and O–H groups in total. The Kier molecular flexibility index (Phi) is 5.68. The summed E-state index contributed by atoms with van der Waals surface area (Å²) in [6, 6.07) is 13.9. The van der Waals surface area contributed by atoms with Crippen LogP contribution in [0.2, 0.25) is 0 Å². The van der Waals surface area contributed by atoms with Crippen LogP contribution >= 0.6 is 11.3 Å². The smallest absolute Gasteiger partial charge is 0.264 e. The molecule has 1 fully saturated rings. The number of piperazine rings is 1. The van der Waals surface area contributed by atoms with Crippen molar-refractivity contribution < 1.29 is 22.0 Å². The van der Waals surface area contributed by atoms with Crippen LogP contribution in [0.1, 0.15) is 9.67 Å². The van der Waals surface area contributed by atoms with Gasteiger partial charge < -0.3 is 4.90 Å². The van der Waals surface area contributed by atoms with Gasteiger partial charge in [-0.25, -0.2) is 17.2 Å². The Labute approximate surface area is 177 Å². The number of amides is 1. The van der Waals surface area contributed by atoms with Gasteiger partial charge in [0.15, 0.2) is 0 Å². The van der Waals surface area contributed by atoms with Gasteiger partial charge in [0.05, 0.1) is 4.88 Å². The maximum Gasteiger partial charge on any atom is 0.264 e. The lowest BCUT2D eigenvalue weighted by molar-refractivity contribution is 0.0703. The van der Waals surface area contributed by atoms with E-state index in [9.17, 15) is 22.0 Å². The first-order valence-corrected chi connectivity index (χ1v) is 11.6. The molecule has 0 bridgehead atoms. The van der Waals surface area contributed by atoms with Crippen LogP contribution in [0.5, 0.6) is 0 Å². The molecule has 2 aromatic carbocycles. The molecule has 9 heteroatoms. The van der Waals surface area contributed by atoms with Crippen LogP contribution < -0.4 is 0 Å². The number of rotatable bonds is 4. The second-order valence-corrected chi connectivity index (χ2v) is 9.62. The summed E-state index contributed by atoms with van der Waals surface area (Å²) in [5.74, 6) is -2.12. The topological polar surface area (TPSA) is 57.7 Å². The van der Waals surface area contributed by atoms with E-state index in [1.165, 1.54) is 11.3 Å². The number of nitrogens with zero attached hydrogens (tertiary/aromatic N) is 2. The van der Waals surface area contributed by atoms with Gasteiger partial charge in [-0.1, -0.05) is 30.3 Å². The van der Waals surface area contributed by atoms with Crippen LogP contribution in [-0.2, 0) is 10.0 Å². The van der Waals surface area contributed by atoms with Crippen molar-refractivity contribution in [1.29, 1.82) is 0 Å². The molecule has 0 unspecified atom stereocenters. The number of carbonyl (C=O) groups is 1. The second-order valence-electron chi connectivity index (χ2n) is 6.80. The standard InChI is InChI=1S/C21H18F2N2O3S2/c22-16-6-7-19(18(23)14-16)30(27,28)25-11-9-24(10-12-25)21(26)20-17(8-13-29-20)15-4-2-1-3-5-15/h1-8,13-14H,9-12H2. The lowest BCUT2D eigenvalue weighted by Crippen LogP contribution is -2.50. The summed E-state index contributed by atoms with van der Waals surface area (Å²) < 4.78 is 53.7. The molecule has 2 heterocycles. The lowest BCUT2D eigenvalue weighted by Gasteiger charge is -2.34. The molecule has 0 atom stereocenters. The Hall–Kier alpha value is -2.62. The molecule has 0 spiro atoms. The summed E-state index contributed by atoms with van der Waals surface area (Å²) in [4.78, 5) is 14.7. The first-order valence-electron chi connectivity index (χ1n) is 9.25. The molecule has 1 saturated heterocycles. The molecule has 3 aromatic rings. The molecule has 1 aliphatic heterocycles. The molecule has 30 heavy (non-hydrogen) atoms. The second kappa shape index (κ2) is 8.25. The molecular weight excluding hydrogens is 430 g/mol. The van der Waals surface area contributed by atoms with Crippen molar-refractivity contribution in [3.63, 3.8) is 0 Å². The quantitative estimate of drug-likeness (QED) is 0.609. The predicted molar refractivity (Wildman–Crippen MR) is 111 cm³/mol. The fourth-order valence-electron chi connectivity index (χ4n) is 3.42. The zero-order valence-corrected chi connectivity index (χ0v) is 17.4. The van der Waals surface area contributed by atoms with E-state index >= 15 is 0 Å². The first kappa shape index (κ1) is 20.6. The van der Waals surface area contributed by atoms with Crippen molar-refractivity contribution in [1.82, 2.24) is 9.21 Å². The minimum atomic E-state index is -4.11. The highest BCUT2D eigenvalue weighted by atomic mass is 32.2. The molecule has 1 aromatic heterocycles. The van der Waals surface area contributed by atoms with E-state index in [2.05, 4.69) is 0 Å². The van der Waals surface area contributed by atoms with Gasteiger partial charge in [-0.2, -0.15) is 4.31 Å². The zero-order valence-electron chi connectivity index (χ0n) is 15.8. The largest absolute Gasteiger partial charge is 0.335 e. The molecular formula is C21H18F2N2O3S2. The van der Waals surface area contributed by atoms with Gasteiger partial charge >= 0.3 is 0 Å². The van der Waals surface area contributed by atoms with Crippen LogP contribution in [0.3, 0.4) is 0 Å². The fraction of sp³-hybridized carbons (Fsp3) is 0.190. The maximum atomic E-state index is 14.0. The number of benzene rings is 2. The van der Waals surface area contributed by atoms with Crippen LogP contribution in [-0.4, -0.2) is 49.7 Å². The van der Waals surface area contributed by atoms with Crippen molar-refractivity contribution in [2.75, 3.05) is 26.2 Å². The number of halogens is 2. The van der Waals surface area contributed by atoms with E-state index in [1.54, 1.807) is 4.90 Å². The van der Waals surface area contributed by atoms with E-state index < -0.39 is 26.6 Å². The van der Waals surface area contributed by atoms with E-state index in [1.807, 2.05) is 41.8 Å². The minimum absolute atomic E-state index is 0.0386. The summed E-state index contributed by atoms with van der Waals surface area (Å²) in [7, 11) is -4.11. The molecule has 0 aliphatic carbocycles. The third-order valence-corrected chi connectivity index (χ3v) is 7.82. The summed E-state index contributed by atoms with van der Waals surface area (Å²) in [6.07, 6.45) is 0. The normalized spacial score (nSPS) is 15.3. The Bertz CT molecular complexity index is 1170. The van der Waals surface area contributed by atoms with Gasteiger partial charge in [-0.05, 0) is 29.1 Å². The van der Waals surface area contributed by atoms with E-state index in [0.717, 1.165) is 27.6 Å². The highest BCUT2D eigenvalue weighted by Gasteiger charge is 2.33. The third kappa shape index (κ3) is 3.88. The highest BCUT2D eigenvalue weighted by Crippen LogP contribution is 2.30. The average Bonchev–Trinajstić information content (AvgIpc) is 3.23. The van der Waals surface area contributed by atoms with Crippen molar-refractivity contribution in [2.45, 2.75) is 4.90 Å². The van der Waals surface area contributed by atoms with Crippen LogP contribution in [0.4, 0.5) is 8.78 Å². The third-order valence-electron chi connectivity index (χ3n) is 4.98. The van der Waals surface area contributed by atoms with Crippen LogP contribution in [0.15, 0.2) is 64.9 Å². The maximum absolute atomic E-state index is 14.0. The molecule has 156 valence electrons. The molecule has 0 saturated carbocycles. The number of hydrogen-bond donors (Lipinski definition) is 0. The van der Waals surface area contributed by atoms with Gasteiger partial charge in [0, 0.05) is 37.8 Å². The Morgan fingerprint density at radius 3 is 2.30 bits per heavy atom. The van der Waals surface area contributed by atoms with E-state index in [4.69, 9.17) is 0 Å². The Morgan fingerprint density at radius 1 is 0.933 bits per heavy atom. The molecule has 0 radical (unpaired) electrons. The lowest BCUT2D eigenvalue weighted by atomic mass is 10.1. The summed E-state index contributed by atoms with van der Waals surface area (Å²) in [5, 5.41) is 1.85. The van der Waals surface area contributed by atoms with Gasteiger partial charge in [-0.3, -0.25) is 4.79 Å². The SMILES string of the molecule is O=C(c1sccc1-c1ccccc1)N1CCN(S(=O)(=O)c2ccc(F)cc2F)CC1. The van der Waals surface area contributed by atoms with Gasteiger partial charge in [0.1, 0.15) is 16.5 Å². The Morgan fingerprint density at radius 2 is 1.63 bits per heavy atom. The average molecular weight is 449 g/mol. The predicted octanol–water partition coefficient (Wildman–Crippen LogP) is 3.84. The summed E-state index contributed by atoms with van der Waals surface area (Å²) >= 11 is 1.34. The van der Waals surface area contributed by atoms with E-state index in [-0.39, 0.29) is 32.1 Å². The van der Waals surface area contributed by atoms with Crippen molar-refractivity contribution in [2.24, 2.45) is 0 Å². The summed E-state index contributed by atoms with van der Waals surface area (Å²) in [5.41, 5.74) is 1.78. The monoisotopic (exact) mass is 448 g/mol. The minimum Gasteiger partial charge on any atom is -0.335 e. The molecule has 1 aliphatic rings. The molecule has 1 amide bonds. The van der Waals surface area contributed by atoms with Crippen molar-refractivity contribution in [3.05, 3.63) is 76.5 Å². The van der Waals surface area contributed by atoms with Gasteiger partial charge in [0.25, 0.3) is 5.91 Å². The van der Waals surface area contributed by atoms with E-state index in [0.29, 0.717) is 10.9 Å². The number of thiophene rings is 1. The van der Waals surface area contributed by atoms with Crippen molar-refractivity contribution in [3.8, 4) is 11.1 Å². The van der Waals surface area contributed by atoms with Crippen LogP contribution in [0, 0.1) is 11.6 Å². The van der Waals surface area contributed by atoms with Gasteiger partial charge in [-0.15, -0.1) is 11.3 Å². The number of sulfonamides is 1. The fourth-order valence-corrected chi connectivity index (χ4v) is 5.77. The van der Waals surface area contributed by atoms with Gasteiger partial charge in [0.2, 0.25) is 10.0 Å². The highest BCUT2D eigenvalue weighted by molar-refractivity contribution is 7.89. The molecule has 5 nitrogen and oxygen atoms in total.